The number of aryl methyl sites for hydroxylation is 1. The number of hydrogen-bond donors (Lipinski definition) is 1. The number of ether oxygens (including phenoxy) is 1. The molecule has 0 saturated carbocycles. The molecule has 4 aromatic rings. The van der Waals surface area contributed by atoms with Gasteiger partial charge < -0.3 is 10.1 Å². The van der Waals surface area contributed by atoms with Crippen LogP contribution in [-0.4, -0.2) is 29.8 Å². The maximum absolute atomic E-state index is 12.4. The molecule has 5 heteroatoms. The van der Waals surface area contributed by atoms with E-state index in [1.807, 2.05) is 79.7 Å². The van der Waals surface area contributed by atoms with Crippen molar-refractivity contribution < 1.29 is 14.3 Å². The molecule has 5 nitrogen and oxygen atoms in total. The fourth-order valence-electron chi connectivity index (χ4n) is 4.24. The molecule has 1 amide bonds. The zero-order valence-corrected chi connectivity index (χ0v) is 21.2. The average molecular weight is 493 g/mol. The Morgan fingerprint density at radius 3 is 2.49 bits per heavy atom. The van der Waals surface area contributed by atoms with Crippen molar-refractivity contribution in [1.29, 1.82) is 0 Å². The van der Waals surface area contributed by atoms with E-state index in [-0.39, 0.29) is 11.7 Å². The molecule has 0 radical (unpaired) electrons. The fraction of sp³-hybridized carbons (Fsp3) is 0.219. The molecule has 0 aliphatic carbocycles. The van der Waals surface area contributed by atoms with Gasteiger partial charge in [0.15, 0.2) is 0 Å². The molecule has 37 heavy (non-hydrogen) atoms. The van der Waals surface area contributed by atoms with Gasteiger partial charge in [0.05, 0.1) is 6.61 Å². The van der Waals surface area contributed by atoms with Crippen LogP contribution in [0.5, 0.6) is 5.75 Å². The SMILES string of the molecule is CCNC(=O)c1cccc(-c2ccccc2CCOc2ccc(CC(=O)CCc3cccnc3)cc2)c1. The molecule has 0 unspecified atom stereocenters. The maximum atomic E-state index is 12.4. The van der Waals surface area contributed by atoms with Gasteiger partial charge in [0, 0.05) is 43.8 Å². The third kappa shape index (κ3) is 7.61. The number of rotatable bonds is 12. The minimum absolute atomic E-state index is 0.0659. The van der Waals surface area contributed by atoms with E-state index in [1.54, 1.807) is 12.4 Å². The van der Waals surface area contributed by atoms with Gasteiger partial charge in [-0.25, -0.2) is 0 Å². The summed E-state index contributed by atoms with van der Waals surface area (Å²) in [7, 11) is 0. The minimum Gasteiger partial charge on any atom is -0.493 e. The molecule has 1 aromatic heterocycles. The summed E-state index contributed by atoms with van der Waals surface area (Å²) < 4.78 is 6.00. The Hall–Kier alpha value is -4.25. The first-order valence-corrected chi connectivity index (χ1v) is 12.7. The van der Waals surface area contributed by atoms with E-state index in [0.717, 1.165) is 40.0 Å². The lowest BCUT2D eigenvalue weighted by molar-refractivity contribution is -0.118. The van der Waals surface area contributed by atoms with Crippen molar-refractivity contribution in [2.24, 2.45) is 0 Å². The predicted octanol–water partition coefficient (Wildman–Crippen LogP) is 5.86. The highest BCUT2D eigenvalue weighted by molar-refractivity contribution is 5.95. The van der Waals surface area contributed by atoms with Crippen LogP contribution in [0, 0.1) is 0 Å². The van der Waals surface area contributed by atoms with Crippen LogP contribution in [0.2, 0.25) is 0 Å². The van der Waals surface area contributed by atoms with Crippen LogP contribution in [0.25, 0.3) is 11.1 Å². The lowest BCUT2D eigenvalue weighted by Gasteiger charge is -2.12. The van der Waals surface area contributed by atoms with Crippen LogP contribution in [-0.2, 0) is 24.1 Å². The van der Waals surface area contributed by atoms with Gasteiger partial charge >= 0.3 is 0 Å². The van der Waals surface area contributed by atoms with Gasteiger partial charge in [-0.1, -0.05) is 54.6 Å². The molecular formula is C32H32N2O3. The van der Waals surface area contributed by atoms with Gasteiger partial charge in [-0.2, -0.15) is 0 Å². The molecular weight excluding hydrogens is 460 g/mol. The second-order valence-corrected chi connectivity index (χ2v) is 8.92. The molecule has 0 aliphatic heterocycles. The number of pyridine rings is 1. The van der Waals surface area contributed by atoms with Crippen LogP contribution in [0.15, 0.2) is 97.3 Å². The average Bonchev–Trinajstić information content (AvgIpc) is 2.94. The second-order valence-electron chi connectivity index (χ2n) is 8.92. The highest BCUT2D eigenvalue weighted by Gasteiger charge is 2.10. The molecule has 1 heterocycles. The molecule has 0 saturated heterocycles. The topological polar surface area (TPSA) is 68.3 Å². The quantitative estimate of drug-likeness (QED) is 0.269. The lowest BCUT2D eigenvalue weighted by atomic mass is 9.96. The zero-order chi connectivity index (χ0) is 25.9. The van der Waals surface area contributed by atoms with Gasteiger partial charge in [0.25, 0.3) is 5.91 Å². The smallest absolute Gasteiger partial charge is 0.251 e. The molecule has 188 valence electrons. The number of benzene rings is 3. The Labute approximate surface area is 218 Å². The van der Waals surface area contributed by atoms with E-state index in [9.17, 15) is 9.59 Å². The molecule has 0 atom stereocenters. The normalized spacial score (nSPS) is 10.6. The summed E-state index contributed by atoms with van der Waals surface area (Å²) in [6, 6.07) is 27.5. The van der Waals surface area contributed by atoms with Crippen LogP contribution in [0.3, 0.4) is 0 Å². The zero-order valence-electron chi connectivity index (χ0n) is 21.2. The molecule has 3 aromatic carbocycles. The largest absolute Gasteiger partial charge is 0.493 e. The van der Waals surface area contributed by atoms with E-state index >= 15 is 0 Å². The molecule has 0 bridgehead atoms. The first-order valence-electron chi connectivity index (χ1n) is 12.7. The van der Waals surface area contributed by atoms with Crippen LogP contribution >= 0.6 is 0 Å². The summed E-state index contributed by atoms with van der Waals surface area (Å²) in [5, 5.41) is 2.85. The van der Waals surface area contributed by atoms with E-state index in [2.05, 4.69) is 22.4 Å². The molecule has 4 rings (SSSR count). The highest BCUT2D eigenvalue weighted by atomic mass is 16.5. The Morgan fingerprint density at radius 1 is 0.865 bits per heavy atom. The summed E-state index contributed by atoms with van der Waals surface area (Å²) in [6.45, 7) is 3.03. The summed E-state index contributed by atoms with van der Waals surface area (Å²) in [5.74, 6) is 0.927. The maximum Gasteiger partial charge on any atom is 0.251 e. The van der Waals surface area contributed by atoms with Crippen molar-refractivity contribution in [2.45, 2.75) is 32.6 Å². The molecule has 0 fully saturated rings. The minimum atomic E-state index is -0.0659. The monoisotopic (exact) mass is 492 g/mol. The number of nitrogens with one attached hydrogen (secondary N) is 1. The number of Topliss-reactive ketones (excluding diaryl/α,β-unsaturated/α-hetero) is 1. The Kier molecular flexibility index (Phi) is 9.19. The van der Waals surface area contributed by atoms with Crippen molar-refractivity contribution in [3.63, 3.8) is 0 Å². The van der Waals surface area contributed by atoms with E-state index in [0.29, 0.717) is 38.0 Å². The number of ketones is 1. The first kappa shape index (κ1) is 25.8. The number of carbonyl (C=O) groups excluding carboxylic acids is 2. The number of hydrogen-bond acceptors (Lipinski definition) is 4. The third-order valence-electron chi connectivity index (χ3n) is 6.17. The first-order chi connectivity index (χ1) is 18.1. The standard InChI is InChI=1S/C32H32N2O3/c1-2-34-32(36)28-10-5-9-27(22-28)31-11-4-3-8-26(31)18-20-37-30-16-13-24(14-17-30)21-29(35)15-12-25-7-6-19-33-23-25/h3-11,13-14,16-17,19,22-23H,2,12,15,18,20-21H2,1H3,(H,34,36). The van der Waals surface area contributed by atoms with Gasteiger partial charge in [0.2, 0.25) is 0 Å². The fourth-order valence-corrected chi connectivity index (χ4v) is 4.24. The van der Waals surface area contributed by atoms with Crippen molar-refractivity contribution in [1.82, 2.24) is 10.3 Å². The summed E-state index contributed by atoms with van der Waals surface area (Å²) >= 11 is 0. The Balaban J connectivity index is 1.30. The Morgan fingerprint density at radius 2 is 1.70 bits per heavy atom. The lowest BCUT2D eigenvalue weighted by Crippen LogP contribution is -2.22. The van der Waals surface area contributed by atoms with Gasteiger partial charge in [0.1, 0.15) is 11.5 Å². The number of aromatic nitrogens is 1. The summed E-state index contributed by atoms with van der Waals surface area (Å²) in [5.41, 5.74) is 5.98. The van der Waals surface area contributed by atoms with Gasteiger partial charge in [-0.15, -0.1) is 0 Å². The van der Waals surface area contributed by atoms with Crippen LogP contribution in [0.1, 0.15) is 40.4 Å². The molecule has 0 aliphatic rings. The molecule has 1 N–H and O–H groups in total. The second kappa shape index (κ2) is 13.2. The third-order valence-corrected chi connectivity index (χ3v) is 6.17. The summed E-state index contributed by atoms with van der Waals surface area (Å²) in [6.07, 6.45) is 5.92. The van der Waals surface area contributed by atoms with Crippen LogP contribution < -0.4 is 10.1 Å². The van der Waals surface area contributed by atoms with Crippen molar-refractivity contribution in [2.75, 3.05) is 13.2 Å². The molecule has 0 spiro atoms. The van der Waals surface area contributed by atoms with Crippen LogP contribution in [0.4, 0.5) is 0 Å². The van der Waals surface area contributed by atoms with E-state index < -0.39 is 0 Å². The van der Waals surface area contributed by atoms with Crippen molar-refractivity contribution >= 4 is 11.7 Å². The van der Waals surface area contributed by atoms with E-state index in [1.165, 1.54) is 0 Å². The predicted molar refractivity (Wildman–Crippen MR) is 147 cm³/mol. The number of amides is 1. The van der Waals surface area contributed by atoms with Gasteiger partial charge in [-0.05, 0) is 71.5 Å². The number of carbonyl (C=O) groups is 2. The van der Waals surface area contributed by atoms with E-state index in [4.69, 9.17) is 4.74 Å². The van der Waals surface area contributed by atoms with Gasteiger partial charge in [-0.3, -0.25) is 14.6 Å². The Bertz CT molecular complexity index is 1320. The number of nitrogens with zero attached hydrogens (tertiary/aromatic N) is 1. The van der Waals surface area contributed by atoms with Crippen molar-refractivity contribution in [3.05, 3.63) is 120 Å². The summed E-state index contributed by atoms with van der Waals surface area (Å²) in [4.78, 5) is 28.7. The highest BCUT2D eigenvalue weighted by Crippen LogP contribution is 2.25. The van der Waals surface area contributed by atoms with Crippen molar-refractivity contribution in [3.8, 4) is 16.9 Å².